The average Bonchev–Trinajstić information content (AvgIpc) is 2.73. The number of hydrogen-bond acceptors (Lipinski definition) is 5. The van der Waals surface area contributed by atoms with Gasteiger partial charge in [0.1, 0.15) is 6.61 Å². The van der Waals surface area contributed by atoms with Gasteiger partial charge in [0.15, 0.2) is 6.10 Å². The maximum atomic E-state index is 11.7. The van der Waals surface area contributed by atoms with Gasteiger partial charge in [-0.25, -0.2) is 0 Å². The van der Waals surface area contributed by atoms with Crippen LogP contribution in [0.25, 0.3) is 0 Å². The molecular weight excluding hydrogens is 380 g/mol. The fourth-order valence-electron chi connectivity index (χ4n) is 3.27. The number of carbonyl (C=O) groups excluding carboxylic acids is 2. The molecule has 0 aromatic rings. The zero-order valence-electron chi connectivity index (χ0n) is 19.5. The molecule has 0 aliphatic rings. The van der Waals surface area contributed by atoms with Crippen molar-refractivity contribution in [2.24, 2.45) is 0 Å². The van der Waals surface area contributed by atoms with Gasteiger partial charge in [-0.05, 0) is 32.1 Å². The molecule has 0 heterocycles. The molecule has 0 aliphatic carbocycles. The molecule has 0 bridgehead atoms. The molecule has 0 saturated carbocycles. The second kappa shape index (κ2) is 22.3. The Labute approximate surface area is 184 Å². The van der Waals surface area contributed by atoms with Crippen molar-refractivity contribution >= 4 is 11.9 Å². The third-order valence-corrected chi connectivity index (χ3v) is 5.12. The Kier molecular flexibility index (Phi) is 21.3. The molecule has 0 saturated heterocycles. The number of hydrogen-bond donors (Lipinski definition) is 1. The van der Waals surface area contributed by atoms with Crippen LogP contribution in [0, 0.1) is 0 Å². The number of ether oxygens (including phenoxy) is 2. The Balaban J connectivity index is 3.38. The van der Waals surface area contributed by atoms with E-state index in [-0.39, 0.29) is 19.2 Å². The van der Waals surface area contributed by atoms with E-state index in [9.17, 15) is 9.59 Å². The summed E-state index contributed by atoms with van der Waals surface area (Å²) in [6.07, 6.45) is 22.9. The molecule has 176 valence electrons. The van der Waals surface area contributed by atoms with Gasteiger partial charge in [0.2, 0.25) is 0 Å². The summed E-state index contributed by atoms with van der Waals surface area (Å²) >= 11 is 0. The zero-order chi connectivity index (χ0) is 22.3. The Morgan fingerprint density at radius 2 is 1.30 bits per heavy atom. The van der Waals surface area contributed by atoms with Crippen molar-refractivity contribution in [1.29, 1.82) is 0 Å². The van der Waals surface area contributed by atoms with Crippen molar-refractivity contribution in [2.75, 3.05) is 13.2 Å². The Bertz CT molecular complexity index is 433. The van der Waals surface area contributed by atoms with Crippen molar-refractivity contribution in [3.05, 3.63) is 12.2 Å². The van der Waals surface area contributed by atoms with Gasteiger partial charge in [0.05, 0.1) is 6.61 Å². The maximum absolute atomic E-state index is 11.7. The van der Waals surface area contributed by atoms with Gasteiger partial charge in [0.25, 0.3) is 0 Å². The summed E-state index contributed by atoms with van der Waals surface area (Å²) in [6.45, 7) is 3.11. The van der Waals surface area contributed by atoms with Crippen LogP contribution < -0.4 is 0 Å². The lowest BCUT2D eigenvalue weighted by atomic mass is 10.1. The smallest absolute Gasteiger partial charge is 0.306 e. The van der Waals surface area contributed by atoms with E-state index in [0.717, 1.165) is 19.3 Å². The molecule has 0 aromatic heterocycles. The number of allylic oxidation sites excluding steroid dienone is 2. The normalized spacial score (nSPS) is 12.2. The lowest BCUT2D eigenvalue weighted by Crippen LogP contribution is -2.28. The molecule has 0 aliphatic heterocycles. The minimum atomic E-state index is -0.763. The van der Waals surface area contributed by atoms with Gasteiger partial charge in [0, 0.05) is 13.3 Å². The number of carbonyl (C=O) groups is 2. The number of aliphatic hydroxyl groups excluding tert-OH is 1. The first-order valence-corrected chi connectivity index (χ1v) is 12.2. The summed E-state index contributed by atoms with van der Waals surface area (Å²) in [4.78, 5) is 22.5. The van der Waals surface area contributed by atoms with Crippen molar-refractivity contribution < 1.29 is 24.2 Å². The van der Waals surface area contributed by atoms with E-state index in [1.807, 2.05) is 0 Å². The van der Waals surface area contributed by atoms with Crippen molar-refractivity contribution in [1.82, 2.24) is 0 Å². The average molecular weight is 427 g/mol. The Hall–Kier alpha value is -1.36. The van der Waals surface area contributed by atoms with Crippen LogP contribution in [-0.2, 0) is 19.1 Å². The lowest BCUT2D eigenvalue weighted by Gasteiger charge is -2.15. The lowest BCUT2D eigenvalue weighted by molar-refractivity contribution is -0.160. The summed E-state index contributed by atoms with van der Waals surface area (Å²) in [7, 11) is 0. The first-order valence-electron chi connectivity index (χ1n) is 12.2. The van der Waals surface area contributed by atoms with E-state index in [4.69, 9.17) is 14.6 Å². The topological polar surface area (TPSA) is 72.8 Å². The Morgan fingerprint density at radius 3 is 1.80 bits per heavy atom. The summed E-state index contributed by atoms with van der Waals surface area (Å²) in [6, 6.07) is 0. The fraction of sp³-hybridized carbons (Fsp3) is 0.840. The van der Waals surface area contributed by atoms with Crippen LogP contribution in [0.3, 0.4) is 0 Å². The molecular formula is C25H46O5. The van der Waals surface area contributed by atoms with Gasteiger partial charge < -0.3 is 14.6 Å². The van der Waals surface area contributed by atoms with Crippen LogP contribution in [0.4, 0.5) is 0 Å². The van der Waals surface area contributed by atoms with Crippen LogP contribution in [-0.4, -0.2) is 36.4 Å². The van der Waals surface area contributed by atoms with Crippen LogP contribution in [0.15, 0.2) is 12.2 Å². The summed E-state index contributed by atoms with van der Waals surface area (Å²) < 4.78 is 9.86. The highest BCUT2D eigenvalue weighted by Gasteiger charge is 2.14. The molecule has 1 unspecified atom stereocenters. The van der Waals surface area contributed by atoms with Crippen molar-refractivity contribution in [2.45, 2.75) is 123 Å². The molecule has 5 heteroatoms. The third kappa shape index (κ3) is 21.4. The number of esters is 2. The van der Waals surface area contributed by atoms with Gasteiger partial charge in [-0.3, -0.25) is 9.59 Å². The molecule has 0 rings (SSSR count). The third-order valence-electron chi connectivity index (χ3n) is 5.12. The molecule has 1 atom stereocenters. The number of rotatable bonds is 21. The van der Waals surface area contributed by atoms with Crippen molar-refractivity contribution in [3.63, 3.8) is 0 Å². The van der Waals surface area contributed by atoms with E-state index in [1.54, 1.807) is 0 Å². The molecule has 1 N–H and O–H groups in total. The molecule has 5 nitrogen and oxygen atoms in total. The monoisotopic (exact) mass is 426 g/mol. The van der Waals surface area contributed by atoms with E-state index in [1.165, 1.54) is 84.0 Å². The zero-order valence-corrected chi connectivity index (χ0v) is 19.5. The molecule has 0 fully saturated rings. The first-order chi connectivity index (χ1) is 14.6. The highest BCUT2D eigenvalue weighted by molar-refractivity contribution is 5.69. The first kappa shape index (κ1) is 28.6. The standard InChI is InChI=1S/C25H46O5/c1-3-4-5-6-7-8-9-10-11-12-13-14-15-16-17-18-19-20-25(28)30-24(21-26)22-29-23(2)27/h10-11,24,26H,3-9,12-22H2,1-2H3/b11-10-. The largest absolute Gasteiger partial charge is 0.462 e. The quantitative estimate of drug-likeness (QED) is 0.133. The maximum Gasteiger partial charge on any atom is 0.306 e. The predicted octanol–water partition coefficient (Wildman–Crippen LogP) is 6.27. The SMILES string of the molecule is CCCCCCCC/C=C\CCCCCCCCCC(=O)OC(CO)COC(C)=O. The minimum absolute atomic E-state index is 0.0915. The van der Waals surface area contributed by atoms with Crippen LogP contribution in [0.2, 0.25) is 0 Å². The molecule has 0 spiro atoms. The second-order valence-corrected chi connectivity index (χ2v) is 8.14. The van der Waals surface area contributed by atoms with Gasteiger partial charge >= 0.3 is 11.9 Å². The van der Waals surface area contributed by atoms with E-state index in [0.29, 0.717) is 6.42 Å². The van der Waals surface area contributed by atoms with Crippen LogP contribution in [0.1, 0.15) is 117 Å². The van der Waals surface area contributed by atoms with Gasteiger partial charge in [-0.2, -0.15) is 0 Å². The molecule has 30 heavy (non-hydrogen) atoms. The van der Waals surface area contributed by atoms with E-state index >= 15 is 0 Å². The fourth-order valence-corrected chi connectivity index (χ4v) is 3.27. The predicted molar refractivity (Wildman–Crippen MR) is 122 cm³/mol. The van der Waals surface area contributed by atoms with Gasteiger partial charge in [-0.1, -0.05) is 83.3 Å². The van der Waals surface area contributed by atoms with E-state index in [2.05, 4.69) is 19.1 Å². The molecule has 0 aromatic carbocycles. The Morgan fingerprint density at radius 1 is 0.800 bits per heavy atom. The highest BCUT2D eigenvalue weighted by atomic mass is 16.6. The number of unbranched alkanes of at least 4 members (excludes halogenated alkanes) is 13. The second-order valence-electron chi connectivity index (χ2n) is 8.14. The van der Waals surface area contributed by atoms with E-state index < -0.39 is 12.1 Å². The summed E-state index contributed by atoms with van der Waals surface area (Å²) in [5.74, 6) is -0.789. The highest BCUT2D eigenvalue weighted by Crippen LogP contribution is 2.12. The van der Waals surface area contributed by atoms with Crippen LogP contribution in [0.5, 0.6) is 0 Å². The minimum Gasteiger partial charge on any atom is -0.462 e. The molecule has 0 amide bonds. The summed E-state index contributed by atoms with van der Waals surface area (Å²) in [5, 5.41) is 9.14. The van der Waals surface area contributed by atoms with Gasteiger partial charge in [-0.15, -0.1) is 0 Å². The molecule has 0 radical (unpaired) electrons. The van der Waals surface area contributed by atoms with Crippen LogP contribution >= 0.6 is 0 Å². The summed E-state index contributed by atoms with van der Waals surface area (Å²) in [5.41, 5.74) is 0. The van der Waals surface area contributed by atoms with Crippen molar-refractivity contribution in [3.8, 4) is 0 Å². The number of aliphatic hydroxyl groups is 1.